The molecule has 104 valence electrons. The van der Waals surface area contributed by atoms with Crippen molar-refractivity contribution in [3.63, 3.8) is 0 Å². The van der Waals surface area contributed by atoms with Gasteiger partial charge in [-0.1, -0.05) is 0 Å². The van der Waals surface area contributed by atoms with E-state index in [-0.39, 0.29) is 19.8 Å². The van der Waals surface area contributed by atoms with Gasteiger partial charge in [-0.25, -0.2) is 0 Å². The molecule has 0 aromatic heterocycles. The van der Waals surface area contributed by atoms with Crippen LogP contribution in [0.4, 0.5) is 0 Å². The molecule has 1 atom stereocenters. The molecular formula is C11H19NO6. The lowest BCUT2D eigenvalue weighted by atomic mass is 10.1. The Morgan fingerprint density at radius 2 is 1.67 bits per heavy atom. The highest BCUT2D eigenvalue weighted by atomic mass is 16.5. The van der Waals surface area contributed by atoms with Gasteiger partial charge < -0.3 is 19.9 Å². The van der Waals surface area contributed by atoms with Crippen LogP contribution in [-0.2, 0) is 28.6 Å². The quantitative estimate of drug-likeness (QED) is 0.221. The molecule has 2 N–H and O–H groups in total. The second kappa shape index (κ2) is 11.8. The van der Waals surface area contributed by atoms with Crippen molar-refractivity contribution in [1.82, 2.24) is 0 Å². The smallest absolute Gasteiger partial charge is 0.310 e. The molecule has 0 aliphatic heterocycles. The number of ether oxygens (including phenoxy) is 3. The van der Waals surface area contributed by atoms with E-state index in [1.807, 2.05) is 0 Å². The molecule has 0 rings (SSSR count). The number of esters is 1. The summed E-state index contributed by atoms with van der Waals surface area (Å²) in [5.41, 5.74) is 5.42. The van der Waals surface area contributed by atoms with Gasteiger partial charge in [-0.3, -0.25) is 14.4 Å². The van der Waals surface area contributed by atoms with Crippen LogP contribution in [0.3, 0.4) is 0 Å². The first-order chi connectivity index (χ1) is 8.76. The zero-order chi connectivity index (χ0) is 13.6. The topological polar surface area (TPSA) is 105 Å². The fourth-order valence-electron chi connectivity index (χ4n) is 1.22. The molecule has 0 aliphatic rings. The van der Waals surface area contributed by atoms with Crippen LogP contribution in [0.2, 0.25) is 0 Å². The third kappa shape index (κ3) is 8.51. The minimum absolute atomic E-state index is 0.146. The van der Waals surface area contributed by atoms with Crippen LogP contribution in [0.5, 0.6) is 0 Å². The van der Waals surface area contributed by atoms with Gasteiger partial charge in [0, 0.05) is 6.54 Å². The van der Waals surface area contributed by atoms with Crippen molar-refractivity contribution in [1.29, 1.82) is 0 Å². The van der Waals surface area contributed by atoms with E-state index in [0.29, 0.717) is 38.8 Å². The number of hydrogen-bond acceptors (Lipinski definition) is 7. The molecule has 0 fully saturated rings. The SMILES string of the molecule is NCC(CCOC=O)C(=O)OCCCCOC=O. The predicted octanol–water partition coefficient (Wildman–Crippen LogP) is -0.379. The van der Waals surface area contributed by atoms with Crippen molar-refractivity contribution >= 4 is 18.9 Å². The minimum atomic E-state index is -0.462. The van der Waals surface area contributed by atoms with Crippen LogP contribution in [0.1, 0.15) is 19.3 Å². The maximum absolute atomic E-state index is 11.5. The van der Waals surface area contributed by atoms with Crippen molar-refractivity contribution in [2.75, 3.05) is 26.4 Å². The number of rotatable bonds is 12. The van der Waals surface area contributed by atoms with Crippen molar-refractivity contribution in [2.45, 2.75) is 19.3 Å². The molecule has 0 aromatic rings. The number of carbonyl (C=O) groups excluding carboxylic acids is 3. The molecule has 0 bridgehead atoms. The second-order valence-corrected chi connectivity index (χ2v) is 3.53. The van der Waals surface area contributed by atoms with Gasteiger partial charge in [0.05, 0.1) is 25.7 Å². The van der Waals surface area contributed by atoms with E-state index < -0.39 is 11.9 Å². The first-order valence-electron chi connectivity index (χ1n) is 5.73. The molecule has 0 aliphatic carbocycles. The normalized spacial score (nSPS) is 11.4. The van der Waals surface area contributed by atoms with Gasteiger partial charge in [-0.15, -0.1) is 0 Å². The van der Waals surface area contributed by atoms with Gasteiger partial charge in [-0.05, 0) is 19.3 Å². The maximum Gasteiger partial charge on any atom is 0.310 e. The third-order valence-electron chi connectivity index (χ3n) is 2.24. The van der Waals surface area contributed by atoms with Gasteiger partial charge in [0.2, 0.25) is 0 Å². The molecule has 0 radical (unpaired) electrons. The van der Waals surface area contributed by atoms with Gasteiger partial charge in [-0.2, -0.15) is 0 Å². The lowest BCUT2D eigenvalue weighted by Crippen LogP contribution is -2.27. The molecule has 0 saturated heterocycles. The van der Waals surface area contributed by atoms with E-state index in [2.05, 4.69) is 9.47 Å². The Kier molecular flexibility index (Phi) is 10.8. The Morgan fingerprint density at radius 1 is 1.06 bits per heavy atom. The second-order valence-electron chi connectivity index (χ2n) is 3.53. The minimum Gasteiger partial charge on any atom is -0.468 e. The Hall–Kier alpha value is -1.63. The van der Waals surface area contributed by atoms with E-state index in [1.54, 1.807) is 0 Å². The summed E-state index contributed by atoms with van der Waals surface area (Å²) in [6.07, 6.45) is 1.59. The molecule has 0 heterocycles. The highest BCUT2D eigenvalue weighted by Crippen LogP contribution is 2.05. The summed E-state index contributed by atoms with van der Waals surface area (Å²) in [4.78, 5) is 31.3. The highest BCUT2D eigenvalue weighted by Gasteiger charge is 2.18. The van der Waals surface area contributed by atoms with Crippen molar-refractivity contribution in [3.05, 3.63) is 0 Å². The van der Waals surface area contributed by atoms with E-state index >= 15 is 0 Å². The lowest BCUT2D eigenvalue weighted by molar-refractivity contribution is -0.149. The first kappa shape index (κ1) is 16.4. The molecule has 1 unspecified atom stereocenters. The summed E-state index contributed by atoms with van der Waals surface area (Å²) in [7, 11) is 0. The Balaban J connectivity index is 3.62. The average Bonchev–Trinajstić information content (AvgIpc) is 2.38. The van der Waals surface area contributed by atoms with Crippen LogP contribution in [0.15, 0.2) is 0 Å². The average molecular weight is 261 g/mol. The molecule has 7 nitrogen and oxygen atoms in total. The maximum atomic E-state index is 11.5. The molecule has 0 saturated carbocycles. The molecule has 0 aromatic carbocycles. The van der Waals surface area contributed by atoms with Gasteiger partial charge in [0.25, 0.3) is 12.9 Å². The van der Waals surface area contributed by atoms with E-state index in [9.17, 15) is 14.4 Å². The fourth-order valence-corrected chi connectivity index (χ4v) is 1.22. The summed E-state index contributed by atoms with van der Waals surface area (Å²) in [6.45, 7) is 1.57. The van der Waals surface area contributed by atoms with Crippen LogP contribution < -0.4 is 5.73 Å². The monoisotopic (exact) mass is 261 g/mol. The van der Waals surface area contributed by atoms with Crippen LogP contribution >= 0.6 is 0 Å². The van der Waals surface area contributed by atoms with Crippen molar-refractivity contribution in [3.8, 4) is 0 Å². The van der Waals surface area contributed by atoms with Gasteiger partial charge in [0.1, 0.15) is 0 Å². The van der Waals surface area contributed by atoms with Gasteiger partial charge >= 0.3 is 5.97 Å². The van der Waals surface area contributed by atoms with E-state index in [1.165, 1.54) is 0 Å². The first-order valence-corrected chi connectivity index (χ1v) is 5.73. The fraction of sp³-hybridized carbons (Fsp3) is 0.727. The van der Waals surface area contributed by atoms with Crippen molar-refractivity contribution < 1.29 is 28.6 Å². The number of unbranched alkanes of at least 4 members (excludes halogenated alkanes) is 1. The Labute approximate surface area is 106 Å². The van der Waals surface area contributed by atoms with E-state index in [4.69, 9.17) is 10.5 Å². The van der Waals surface area contributed by atoms with Gasteiger partial charge in [0.15, 0.2) is 0 Å². The lowest BCUT2D eigenvalue weighted by Gasteiger charge is -2.13. The third-order valence-corrected chi connectivity index (χ3v) is 2.24. The predicted molar refractivity (Wildman–Crippen MR) is 61.4 cm³/mol. The standard InChI is InChI=1S/C11H19NO6/c12-7-10(3-6-17-9-14)11(15)18-5-2-1-4-16-8-13/h8-10H,1-7,12H2. The number of carbonyl (C=O) groups is 3. The Morgan fingerprint density at radius 3 is 2.28 bits per heavy atom. The zero-order valence-corrected chi connectivity index (χ0v) is 10.2. The zero-order valence-electron chi connectivity index (χ0n) is 10.2. The number of nitrogens with two attached hydrogens (primary N) is 1. The molecule has 7 heteroatoms. The van der Waals surface area contributed by atoms with Crippen molar-refractivity contribution in [2.24, 2.45) is 11.7 Å². The number of hydrogen-bond donors (Lipinski definition) is 1. The summed E-state index contributed by atoms with van der Waals surface area (Å²) < 4.78 is 14.0. The molecular weight excluding hydrogens is 242 g/mol. The summed E-state index contributed by atoms with van der Waals surface area (Å²) in [6, 6.07) is 0. The molecule has 0 amide bonds. The summed E-state index contributed by atoms with van der Waals surface area (Å²) in [5.74, 6) is -0.862. The largest absolute Gasteiger partial charge is 0.468 e. The van der Waals surface area contributed by atoms with Crippen LogP contribution in [0.25, 0.3) is 0 Å². The van der Waals surface area contributed by atoms with E-state index in [0.717, 1.165) is 0 Å². The molecule has 0 spiro atoms. The summed E-state index contributed by atoms with van der Waals surface area (Å²) in [5, 5.41) is 0. The highest BCUT2D eigenvalue weighted by molar-refractivity contribution is 5.72. The van der Waals surface area contributed by atoms with Crippen LogP contribution in [0, 0.1) is 5.92 Å². The Bertz CT molecular complexity index is 246. The summed E-state index contributed by atoms with van der Waals surface area (Å²) >= 11 is 0. The van der Waals surface area contributed by atoms with Crippen LogP contribution in [-0.4, -0.2) is 45.3 Å². The molecule has 18 heavy (non-hydrogen) atoms.